The van der Waals surface area contributed by atoms with Gasteiger partial charge in [0.05, 0.1) is 30.7 Å². The molecule has 12 nitrogen and oxygen atoms in total. The number of carbonyl (C=O) groups excluding carboxylic acids is 1. The molecule has 0 saturated carbocycles. The van der Waals surface area contributed by atoms with E-state index in [1.54, 1.807) is 18.7 Å². The minimum atomic E-state index is -3.67. The van der Waals surface area contributed by atoms with E-state index in [9.17, 15) is 21.6 Å². The maximum atomic E-state index is 12.5. The second kappa shape index (κ2) is 11.9. The molecule has 36 heavy (non-hydrogen) atoms. The summed E-state index contributed by atoms with van der Waals surface area (Å²) in [5.41, 5.74) is 3.56. The zero-order valence-electron chi connectivity index (χ0n) is 20.0. The number of fused-ring (bicyclic) bond motifs is 1. The highest BCUT2D eigenvalue weighted by atomic mass is 32.2. The summed E-state index contributed by atoms with van der Waals surface area (Å²) < 4.78 is 55.5. The van der Waals surface area contributed by atoms with E-state index < -0.39 is 20.2 Å². The third kappa shape index (κ3) is 10.4. The highest BCUT2D eigenvalue weighted by Gasteiger charge is 2.10. The molecule has 0 radical (unpaired) electrons. The van der Waals surface area contributed by atoms with Gasteiger partial charge in [-0.1, -0.05) is 26.0 Å². The molecule has 3 aromatic heterocycles. The number of hydrogen-bond donors (Lipinski definition) is 3. The number of amides is 1. The van der Waals surface area contributed by atoms with Crippen molar-refractivity contribution in [1.29, 1.82) is 0 Å². The number of pyridine rings is 1. The van der Waals surface area contributed by atoms with Gasteiger partial charge in [0, 0.05) is 24.2 Å². The van der Waals surface area contributed by atoms with E-state index in [0.29, 0.717) is 29.8 Å². The molecule has 4 rings (SSSR count). The minimum Gasteiger partial charge on any atom is -0.305 e. The van der Waals surface area contributed by atoms with Gasteiger partial charge in [0.25, 0.3) is 26.1 Å². The fraction of sp³-hybridized carbons (Fsp3) is 0.227. The van der Waals surface area contributed by atoms with Crippen LogP contribution in [0, 0.1) is 0 Å². The van der Waals surface area contributed by atoms with Gasteiger partial charge in [-0.3, -0.25) is 13.9 Å². The van der Waals surface area contributed by atoms with E-state index in [4.69, 9.17) is 9.11 Å². The number of aromatic nitrogens is 4. The van der Waals surface area contributed by atoms with Crippen LogP contribution in [0.25, 0.3) is 11.3 Å². The number of nitrogens with zero attached hydrogens (tertiary/aromatic N) is 4. The molecule has 14 heteroatoms. The Kier molecular flexibility index (Phi) is 9.47. The number of hydrogen-bond acceptors (Lipinski definition) is 7. The Morgan fingerprint density at radius 1 is 0.944 bits per heavy atom. The molecule has 0 aliphatic carbocycles. The third-order valence-electron chi connectivity index (χ3n) is 4.32. The van der Waals surface area contributed by atoms with E-state index in [-0.39, 0.29) is 5.91 Å². The third-order valence-corrected chi connectivity index (χ3v) is 4.32. The van der Waals surface area contributed by atoms with Crippen molar-refractivity contribution in [3.05, 3.63) is 78.6 Å². The van der Waals surface area contributed by atoms with Crippen LogP contribution in [0.15, 0.2) is 67.5 Å². The van der Waals surface area contributed by atoms with Crippen LogP contribution in [0.1, 0.15) is 35.7 Å². The van der Waals surface area contributed by atoms with Gasteiger partial charge in [-0.15, -0.1) is 0 Å². The number of imidazole rings is 2. The summed E-state index contributed by atoms with van der Waals surface area (Å²) >= 11 is 0. The topological polar surface area (TPSA) is 173 Å². The first-order chi connectivity index (χ1) is 16.6. The highest BCUT2D eigenvalue weighted by molar-refractivity contribution is 7.85. The lowest BCUT2D eigenvalue weighted by Gasteiger charge is -2.06. The zero-order chi connectivity index (χ0) is 27.1. The van der Waals surface area contributed by atoms with E-state index in [2.05, 4.69) is 29.1 Å². The molecular weight excluding hydrogens is 510 g/mol. The molecule has 3 heterocycles. The van der Waals surface area contributed by atoms with Crippen LogP contribution >= 0.6 is 0 Å². The van der Waals surface area contributed by atoms with E-state index in [1.807, 2.05) is 57.8 Å². The number of nitrogens with one attached hydrogen (secondary N) is 1. The van der Waals surface area contributed by atoms with Crippen molar-refractivity contribution in [3.8, 4) is 5.69 Å². The molecule has 0 atom stereocenters. The molecule has 0 spiro atoms. The van der Waals surface area contributed by atoms with Crippen LogP contribution in [0.5, 0.6) is 0 Å². The van der Waals surface area contributed by atoms with E-state index >= 15 is 0 Å². The maximum Gasteiger partial charge on any atom is 0.261 e. The van der Waals surface area contributed by atoms with E-state index in [0.717, 1.165) is 11.3 Å². The average Bonchev–Trinajstić information content (AvgIpc) is 3.40. The van der Waals surface area contributed by atoms with Gasteiger partial charge in [-0.2, -0.15) is 16.8 Å². The molecule has 3 N–H and O–H groups in total. The molecule has 1 amide bonds. The molecular formula is C22H27N5O7S2. The van der Waals surface area contributed by atoms with Crippen molar-refractivity contribution in [3.63, 3.8) is 0 Å². The van der Waals surface area contributed by atoms with Gasteiger partial charge in [-0.05, 0) is 35.7 Å². The quantitative estimate of drug-likeness (QED) is 0.331. The first kappa shape index (κ1) is 28.6. The Morgan fingerprint density at radius 3 is 2.03 bits per heavy atom. The highest BCUT2D eigenvalue weighted by Crippen LogP contribution is 2.17. The van der Waals surface area contributed by atoms with Gasteiger partial charge in [0.1, 0.15) is 5.65 Å². The summed E-state index contributed by atoms with van der Waals surface area (Å²) in [7, 11) is -7.33. The summed E-state index contributed by atoms with van der Waals surface area (Å²) in [5.74, 6) is 0.791. The fourth-order valence-corrected chi connectivity index (χ4v) is 2.81. The number of anilines is 1. The SMILES string of the molecule is CC(C)c1ccc(C(=O)Nc2cn3cc(-n4ccnc4)ccc3n2)cc1.CS(=O)(=O)O.CS(=O)(=O)O. The number of rotatable bonds is 4. The van der Waals surface area contributed by atoms with Gasteiger partial charge >= 0.3 is 0 Å². The first-order valence-corrected chi connectivity index (χ1v) is 14.0. The molecule has 0 bridgehead atoms. The van der Waals surface area contributed by atoms with Crippen molar-refractivity contribution in [2.45, 2.75) is 19.8 Å². The average molecular weight is 538 g/mol. The molecule has 0 saturated heterocycles. The predicted octanol–water partition coefficient (Wildman–Crippen LogP) is 2.90. The lowest BCUT2D eigenvalue weighted by atomic mass is 10.0. The van der Waals surface area contributed by atoms with Gasteiger partial charge in [0.15, 0.2) is 5.82 Å². The lowest BCUT2D eigenvalue weighted by molar-refractivity contribution is 0.102. The van der Waals surface area contributed by atoms with Crippen molar-refractivity contribution >= 4 is 37.6 Å². The number of carbonyl (C=O) groups is 1. The van der Waals surface area contributed by atoms with Crippen LogP contribution < -0.4 is 5.32 Å². The molecule has 194 valence electrons. The molecule has 0 fully saturated rings. The van der Waals surface area contributed by atoms with Crippen molar-refractivity contribution < 1.29 is 30.7 Å². The smallest absolute Gasteiger partial charge is 0.261 e. The Morgan fingerprint density at radius 2 is 1.53 bits per heavy atom. The maximum absolute atomic E-state index is 12.5. The van der Waals surface area contributed by atoms with E-state index in [1.165, 1.54) is 5.56 Å². The second-order valence-electron chi connectivity index (χ2n) is 7.95. The van der Waals surface area contributed by atoms with Crippen LogP contribution in [0.2, 0.25) is 0 Å². The Hall–Kier alpha value is -3.59. The standard InChI is InChI=1S/C20H19N5O.2CH4O3S/c1-14(2)15-3-5-16(6-4-15)20(26)23-18-12-25-11-17(7-8-19(25)22-18)24-10-9-21-13-24;2*1-5(2,3)4/h3-14H,1-2H3,(H,23,26);2*1H3,(H,2,3,4). The van der Waals surface area contributed by atoms with Gasteiger partial charge in [0.2, 0.25) is 0 Å². The number of benzene rings is 1. The minimum absolute atomic E-state index is 0.168. The summed E-state index contributed by atoms with van der Waals surface area (Å²) in [6.45, 7) is 4.26. The largest absolute Gasteiger partial charge is 0.305 e. The van der Waals surface area contributed by atoms with Crippen LogP contribution in [-0.4, -0.2) is 63.3 Å². The summed E-state index contributed by atoms with van der Waals surface area (Å²) in [5, 5.41) is 2.86. The summed E-state index contributed by atoms with van der Waals surface area (Å²) in [4.78, 5) is 21.0. The van der Waals surface area contributed by atoms with Crippen LogP contribution in [-0.2, 0) is 20.2 Å². The second-order valence-corrected chi connectivity index (χ2v) is 10.9. The fourth-order valence-electron chi connectivity index (χ4n) is 2.81. The first-order valence-electron chi connectivity index (χ1n) is 10.3. The predicted molar refractivity (Wildman–Crippen MR) is 136 cm³/mol. The molecule has 4 aromatic rings. The Bertz CT molecular complexity index is 1460. The summed E-state index contributed by atoms with van der Waals surface area (Å²) in [6, 6.07) is 11.5. The van der Waals surface area contributed by atoms with Gasteiger partial charge < -0.3 is 14.3 Å². The molecule has 1 aromatic carbocycles. The monoisotopic (exact) mass is 537 g/mol. The molecule has 0 aliphatic heterocycles. The van der Waals surface area contributed by atoms with Crippen molar-refractivity contribution in [1.82, 2.24) is 18.9 Å². The van der Waals surface area contributed by atoms with Crippen LogP contribution in [0.4, 0.5) is 5.82 Å². The van der Waals surface area contributed by atoms with Gasteiger partial charge in [-0.25, -0.2) is 9.97 Å². The van der Waals surface area contributed by atoms with Crippen molar-refractivity contribution in [2.75, 3.05) is 17.8 Å². The lowest BCUT2D eigenvalue weighted by Crippen LogP contribution is -2.12. The van der Waals surface area contributed by atoms with Crippen molar-refractivity contribution in [2.24, 2.45) is 0 Å². The van der Waals surface area contributed by atoms with Crippen LogP contribution in [0.3, 0.4) is 0 Å². The zero-order valence-corrected chi connectivity index (χ0v) is 21.6. The Labute approximate surface area is 209 Å². The normalized spacial score (nSPS) is 11.3. The molecule has 0 aliphatic rings. The summed E-state index contributed by atoms with van der Waals surface area (Å²) in [6.07, 6.45) is 10.5. The molecule has 0 unspecified atom stereocenters. The Balaban J connectivity index is 0.000000389.